The Kier molecular flexibility index (Phi) is 4.87. The molecule has 0 aromatic carbocycles. The van der Waals surface area contributed by atoms with E-state index in [9.17, 15) is 4.79 Å². The van der Waals surface area contributed by atoms with Gasteiger partial charge in [0.15, 0.2) is 0 Å². The molecule has 0 aliphatic heterocycles. The normalized spacial score (nSPS) is 11.0. The van der Waals surface area contributed by atoms with Crippen molar-refractivity contribution in [2.45, 2.75) is 6.55 Å². The number of nitrogens with one attached hydrogen (secondary N) is 2. The van der Waals surface area contributed by atoms with Crippen molar-refractivity contribution in [1.29, 1.82) is 0 Å². The van der Waals surface area contributed by atoms with Crippen molar-refractivity contribution < 1.29 is 13.6 Å². The first-order chi connectivity index (χ1) is 5.58. The van der Waals surface area contributed by atoms with Crippen molar-refractivity contribution in [1.82, 2.24) is 10.6 Å². The molecule has 0 rings (SSSR count). The fraction of sp³-hybridized carbons (Fsp3) is 0.833. The number of carbonyl (C=O) groups excluding carboxylic acids is 1. The minimum atomic E-state index is -2.15. The third kappa shape index (κ3) is 3.70. The molecule has 0 unspecified atom stereocenters. The minimum Gasteiger partial charge on any atom is -0.397 e. The summed E-state index contributed by atoms with van der Waals surface area (Å²) in [5, 5.41) is 5.08. The Bertz CT molecular complexity index is 150. The maximum absolute atomic E-state index is 10.8. The lowest BCUT2D eigenvalue weighted by Gasteiger charge is -2.22. The lowest BCUT2D eigenvalue weighted by atomic mass is 11.0. The molecule has 5 nitrogen and oxygen atoms in total. The molecule has 0 aromatic rings. The monoisotopic (exact) mass is 192 g/mol. The molecule has 72 valence electrons. The molecule has 6 heteroatoms. The van der Waals surface area contributed by atoms with E-state index in [0.29, 0.717) is 6.17 Å². The van der Waals surface area contributed by atoms with Crippen LogP contribution in [-0.2, 0) is 8.85 Å². The smallest absolute Gasteiger partial charge is 0.354 e. The summed E-state index contributed by atoms with van der Waals surface area (Å²) in [5.74, 6) is 0. The van der Waals surface area contributed by atoms with E-state index in [2.05, 4.69) is 10.6 Å². The molecule has 0 atom stereocenters. The minimum absolute atomic E-state index is 0.220. The van der Waals surface area contributed by atoms with E-state index in [1.54, 1.807) is 21.3 Å². The van der Waals surface area contributed by atoms with Crippen molar-refractivity contribution in [2.24, 2.45) is 0 Å². The van der Waals surface area contributed by atoms with Gasteiger partial charge in [0.25, 0.3) is 0 Å². The number of urea groups is 1. The van der Waals surface area contributed by atoms with Crippen LogP contribution in [0.4, 0.5) is 4.79 Å². The maximum Gasteiger partial charge on any atom is 0.354 e. The van der Waals surface area contributed by atoms with Crippen LogP contribution < -0.4 is 10.6 Å². The van der Waals surface area contributed by atoms with Crippen molar-refractivity contribution in [3.8, 4) is 0 Å². The summed E-state index contributed by atoms with van der Waals surface area (Å²) in [7, 11) is 2.58. The van der Waals surface area contributed by atoms with E-state index in [1.807, 2.05) is 6.55 Å². The highest BCUT2D eigenvalue weighted by Crippen LogP contribution is 2.01. The summed E-state index contributed by atoms with van der Waals surface area (Å²) < 4.78 is 10.3. The Morgan fingerprint density at radius 1 is 1.42 bits per heavy atom. The van der Waals surface area contributed by atoms with Crippen LogP contribution in [0.3, 0.4) is 0 Å². The third-order valence-corrected chi connectivity index (χ3v) is 4.21. The van der Waals surface area contributed by atoms with Crippen molar-refractivity contribution >= 4 is 14.6 Å². The van der Waals surface area contributed by atoms with Crippen LogP contribution >= 0.6 is 0 Å². The molecule has 0 aromatic heterocycles. The quantitative estimate of drug-likeness (QED) is 0.607. The second-order valence-corrected chi connectivity index (χ2v) is 5.91. The van der Waals surface area contributed by atoms with Gasteiger partial charge in [-0.1, -0.05) is 0 Å². The largest absolute Gasteiger partial charge is 0.397 e. The van der Waals surface area contributed by atoms with Gasteiger partial charge in [-0.25, -0.2) is 4.79 Å². The number of amides is 2. The van der Waals surface area contributed by atoms with Crippen LogP contribution in [0.25, 0.3) is 0 Å². The predicted octanol–water partition coefficient (Wildman–Crippen LogP) is -0.181. The average Bonchev–Trinajstić information content (AvgIpc) is 2.13. The Labute approximate surface area is 73.7 Å². The summed E-state index contributed by atoms with van der Waals surface area (Å²) in [6.07, 6.45) is 0.444. The molecule has 0 bridgehead atoms. The molecule has 0 saturated heterocycles. The third-order valence-electron chi connectivity index (χ3n) is 1.66. The van der Waals surface area contributed by atoms with E-state index in [4.69, 9.17) is 8.85 Å². The molecule has 0 aliphatic carbocycles. The zero-order valence-corrected chi connectivity index (χ0v) is 8.93. The van der Waals surface area contributed by atoms with Crippen molar-refractivity contribution in [3.05, 3.63) is 0 Å². The summed E-state index contributed by atoms with van der Waals surface area (Å²) in [6, 6.07) is -0.220. The summed E-state index contributed by atoms with van der Waals surface area (Å²) in [4.78, 5) is 10.8. The Balaban J connectivity index is 3.80. The van der Waals surface area contributed by atoms with Gasteiger partial charge in [-0.05, 0) is 6.55 Å². The van der Waals surface area contributed by atoms with Crippen LogP contribution in [0, 0.1) is 0 Å². The summed E-state index contributed by atoms with van der Waals surface area (Å²) >= 11 is 0. The first kappa shape index (κ1) is 11.4. The first-order valence-corrected chi connectivity index (χ1v) is 6.16. The van der Waals surface area contributed by atoms with Gasteiger partial charge < -0.3 is 19.5 Å². The number of rotatable bonds is 4. The topological polar surface area (TPSA) is 59.6 Å². The standard InChI is InChI=1S/C6H16N2O3Si/c1-7-6(9)8-5-12(4,10-2)11-3/h5H2,1-4H3,(H2,7,8,9). The van der Waals surface area contributed by atoms with Gasteiger partial charge in [0.1, 0.15) is 0 Å². The van der Waals surface area contributed by atoms with E-state index in [-0.39, 0.29) is 6.03 Å². The Hall–Kier alpha value is -0.593. The fourth-order valence-electron chi connectivity index (χ4n) is 0.557. The van der Waals surface area contributed by atoms with E-state index in [0.717, 1.165) is 0 Å². The SMILES string of the molecule is CNC(=O)NC[Si](C)(OC)OC. The second kappa shape index (κ2) is 5.12. The van der Waals surface area contributed by atoms with Gasteiger partial charge in [-0.15, -0.1) is 0 Å². The van der Waals surface area contributed by atoms with Crippen LogP contribution in [0.15, 0.2) is 0 Å². The van der Waals surface area contributed by atoms with Gasteiger partial charge >= 0.3 is 14.6 Å². The summed E-state index contributed by atoms with van der Waals surface area (Å²) in [5.41, 5.74) is 0. The van der Waals surface area contributed by atoms with E-state index in [1.165, 1.54) is 0 Å². The molecular weight excluding hydrogens is 176 g/mol. The van der Waals surface area contributed by atoms with Crippen molar-refractivity contribution in [3.63, 3.8) is 0 Å². The van der Waals surface area contributed by atoms with E-state index >= 15 is 0 Å². The lowest BCUT2D eigenvalue weighted by Crippen LogP contribution is -2.50. The highest BCUT2D eigenvalue weighted by Gasteiger charge is 2.28. The van der Waals surface area contributed by atoms with Gasteiger partial charge in [0, 0.05) is 21.3 Å². The second-order valence-electron chi connectivity index (χ2n) is 2.47. The number of hydrogen-bond acceptors (Lipinski definition) is 3. The van der Waals surface area contributed by atoms with Gasteiger partial charge in [-0.2, -0.15) is 0 Å². The molecule has 0 saturated carbocycles. The zero-order valence-electron chi connectivity index (χ0n) is 7.93. The zero-order chi connectivity index (χ0) is 9.61. The molecule has 0 fully saturated rings. The molecule has 2 N–H and O–H groups in total. The molecule has 0 spiro atoms. The number of carbonyl (C=O) groups is 1. The van der Waals surface area contributed by atoms with Gasteiger partial charge in [0.2, 0.25) is 0 Å². The first-order valence-electron chi connectivity index (χ1n) is 3.64. The predicted molar refractivity (Wildman–Crippen MR) is 48.1 cm³/mol. The molecule has 0 radical (unpaired) electrons. The van der Waals surface area contributed by atoms with Gasteiger partial charge in [-0.3, -0.25) is 0 Å². The summed E-state index contributed by atoms with van der Waals surface area (Å²) in [6.45, 7) is 1.88. The molecule has 0 heterocycles. The van der Waals surface area contributed by atoms with Crippen LogP contribution in [0.5, 0.6) is 0 Å². The molecule has 0 aliphatic rings. The molecule has 12 heavy (non-hydrogen) atoms. The van der Waals surface area contributed by atoms with Crippen LogP contribution in [0.1, 0.15) is 0 Å². The Morgan fingerprint density at radius 3 is 2.25 bits per heavy atom. The number of hydrogen-bond donors (Lipinski definition) is 2. The van der Waals surface area contributed by atoms with Crippen molar-refractivity contribution in [2.75, 3.05) is 27.4 Å². The lowest BCUT2D eigenvalue weighted by molar-refractivity contribution is 0.232. The van der Waals surface area contributed by atoms with Gasteiger partial charge in [0.05, 0.1) is 6.17 Å². The molecular formula is C6H16N2O3Si. The fourth-order valence-corrected chi connectivity index (χ4v) is 1.49. The maximum atomic E-state index is 10.8. The highest BCUT2D eigenvalue weighted by molar-refractivity contribution is 6.66. The highest BCUT2D eigenvalue weighted by atomic mass is 28.4. The average molecular weight is 192 g/mol. The van der Waals surface area contributed by atoms with Crippen LogP contribution in [0.2, 0.25) is 6.55 Å². The Morgan fingerprint density at radius 2 is 1.92 bits per heavy atom. The van der Waals surface area contributed by atoms with E-state index < -0.39 is 8.56 Å². The van der Waals surface area contributed by atoms with Crippen LogP contribution in [-0.4, -0.2) is 42.0 Å². The molecule has 2 amide bonds.